The molecule has 0 spiro atoms. The highest BCUT2D eigenvalue weighted by molar-refractivity contribution is 5.74. The Labute approximate surface area is 108 Å². The van der Waals surface area contributed by atoms with E-state index in [0.717, 1.165) is 25.2 Å². The van der Waals surface area contributed by atoms with E-state index in [1.165, 1.54) is 0 Å². The molecule has 1 amide bonds. The van der Waals surface area contributed by atoms with Crippen LogP contribution in [0.2, 0.25) is 0 Å². The minimum Gasteiger partial charge on any atom is -0.395 e. The van der Waals surface area contributed by atoms with Gasteiger partial charge in [-0.15, -0.1) is 0 Å². The Kier molecular flexibility index (Phi) is 4.33. The van der Waals surface area contributed by atoms with Crippen molar-refractivity contribution in [3.8, 4) is 0 Å². The quantitative estimate of drug-likeness (QED) is 0.863. The van der Waals surface area contributed by atoms with E-state index < -0.39 is 0 Å². The monoisotopic (exact) mass is 248 g/mol. The van der Waals surface area contributed by atoms with Gasteiger partial charge in [-0.2, -0.15) is 0 Å². The van der Waals surface area contributed by atoms with Crippen LogP contribution >= 0.6 is 0 Å². The van der Waals surface area contributed by atoms with Crippen molar-refractivity contribution < 1.29 is 9.90 Å². The smallest absolute Gasteiger partial charge is 0.220 e. The van der Waals surface area contributed by atoms with Gasteiger partial charge in [0, 0.05) is 33.1 Å². The molecule has 1 aliphatic heterocycles. The molecule has 2 rings (SSSR count). The molecule has 1 saturated heterocycles. The summed E-state index contributed by atoms with van der Waals surface area (Å²) >= 11 is 0. The maximum atomic E-state index is 11.7. The van der Waals surface area contributed by atoms with Crippen molar-refractivity contribution in [1.29, 1.82) is 0 Å². The fraction of sp³-hybridized carbons (Fsp3) is 0.500. The Morgan fingerprint density at radius 3 is 2.67 bits per heavy atom. The van der Waals surface area contributed by atoms with E-state index in [0.29, 0.717) is 6.54 Å². The predicted molar refractivity (Wildman–Crippen MR) is 70.1 cm³/mol. The van der Waals surface area contributed by atoms with Crippen molar-refractivity contribution in [2.24, 2.45) is 0 Å². The fourth-order valence-electron chi connectivity index (χ4n) is 2.52. The third-order valence-electron chi connectivity index (χ3n) is 3.47. The van der Waals surface area contributed by atoms with Crippen LogP contribution in [0.4, 0.5) is 0 Å². The predicted octanol–water partition coefficient (Wildman–Crippen LogP) is 0.884. The molecule has 1 aromatic rings. The van der Waals surface area contributed by atoms with Crippen molar-refractivity contribution in [1.82, 2.24) is 9.80 Å². The Balaban J connectivity index is 2.17. The van der Waals surface area contributed by atoms with Gasteiger partial charge in [0.05, 0.1) is 12.6 Å². The van der Waals surface area contributed by atoms with Gasteiger partial charge < -0.3 is 10.0 Å². The number of rotatable bonds is 3. The summed E-state index contributed by atoms with van der Waals surface area (Å²) in [5.74, 6) is 0.118. The van der Waals surface area contributed by atoms with E-state index in [2.05, 4.69) is 17.0 Å². The first-order valence-corrected chi connectivity index (χ1v) is 6.37. The first-order chi connectivity index (χ1) is 8.72. The van der Waals surface area contributed by atoms with Crippen LogP contribution in [-0.2, 0) is 4.79 Å². The number of carbonyl (C=O) groups excluding carboxylic acids is 1. The molecule has 1 N–H and O–H groups in total. The highest BCUT2D eigenvalue weighted by atomic mass is 16.3. The minimum absolute atomic E-state index is 0.101. The Morgan fingerprint density at radius 1 is 1.33 bits per heavy atom. The lowest BCUT2D eigenvalue weighted by molar-refractivity contribution is -0.134. The van der Waals surface area contributed by atoms with Crippen LogP contribution < -0.4 is 0 Å². The van der Waals surface area contributed by atoms with Crippen LogP contribution in [0.25, 0.3) is 0 Å². The molecule has 1 fully saturated rings. The summed E-state index contributed by atoms with van der Waals surface area (Å²) in [4.78, 5) is 15.8. The molecule has 1 atom stereocenters. The number of aliphatic hydroxyl groups is 1. The van der Waals surface area contributed by atoms with Crippen LogP contribution in [0.1, 0.15) is 18.5 Å². The summed E-state index contributed by atoms with van der Waals surface area (Å²) in [5.41, 5.74) is 1.16. The molecule has 0 aliphatic carbocycles. The molecule has 0 radical (unpaired) electrons. The van der Waals surface area contributed by atoms with E-state index in [1.54, 1.807) is 6.92 Å². The summed E-state index contributed by atoms with van der Waals surface area (Å²) in [5, 5.41) is 9.03. The summed E-state index contributed by atoms with van der Waals surface area (Å²) in [6.07, 6.45) is 0. The van der Waals surface area contributed by atoms with Gasteiger partial charge >= 0.3 is 0 Å². The molecule has 0 unspecified atom stereocenters. The SMILES string of the molecule is CC(=O)N1CCN(CCO)C[C@@H]1c1ccccc1. The van der Waals surface area contributed by atoms with Gasteiger partial charge in [-0.1, -0.05) is 30.3 Å². The first-order valence-electron chi connectivity index (χ1n) is 6.37. The van der Waals surface area contributed by atoms with Crippen molar-refractivity contribution in [2.45, 2.75) is 13.0 Å². The van der Waals surface area contributed by atoms with E-state index in [9.17, 15) is 4.79 Å². The summed E-state index contributed by atoms with van der Waals surface area (Å²) < 4.78 is 0. The number of piperazine rings is 1. The fourth-order valence-corrected chi connectivity index (χ4v) is 2.52. The second-order valence-corrected chi connectivity index (χ2v) is 4.66. The largest absolute Gasteiger partial charge is 0.395 e. The lowest BCUT2D eigenvalue weighted by Gasteiger charge is -2.41. The van der Waals surface area contributed by atoms with Crippen molar-refractivity contribution in [3.05, 3.63) is 35.9 Å². The van der Waals surface area contributed by atoms with E-state index in [4.69, 9.17) is 5.11 Å². The van der Waals surface area contributed by atoms with Gasteiger partial charge in [-0.05, 0) is 5.56 Å². The van der Waals surface area contributed by atoms with Gasteiger partial charge in [0.2, 0.25) is 5.91 Å². The first kappa shape index (κ1) is 13.1. The number of hydrogen-bond donors (Lipinski definition) is 1. The molecule has 0 aromatic heterocycles. The normalized spacial score (nSPS) is 21.0. The average Bonchev–Trinajstić information content (AvgIpc) is 2.40. The number of benzene rings is 1. The number of nitrogens with zero attached hydrogens (tertiary/aromatic N) is 2. The molecule has 4 nitrogen and oxygen atoms in total. The van der Waals surface area contributed by atoms with Gasteiger partial charge in [-0.3, -0.25) is 9.69 Å². The summed E-state index contributed by atoms with van der Waals surface area (Å²) in [7, 11) is 0. The maximum Gasteiger partial charge on any atom is 0.220 e. The second-order valence-electron chi connectivity index (χ2n) is 4.66. The number of aliphatic hydroxyl groups excluding tert-OH is 1. The molecular formula is C14H20N2O2. The van der Waals surface area contributed by atoms with Crippen LogP contribution in [-0.4, -0.2) is 53.6 Å². The average molecular weight is 248 g/mol. The number of amides is 1. The number of carbonyl (C=O) groups is 1. The minimum atomic E-state index is 0.101. The zero-order chi connectivity index (χ0) is 13.0. The Hall–Kier alpha value is -1.39. The molecule has 98 valence electrons. The number of hydrogen-bond acceptors (Lipinski definition) is 3. The zero-order valence-corrected chi connectivity index (χ0v) is 10.7. The van der Waals surface area contributed by atoms with Gasteiger partial charge in [0.15, 0.2) is 0 Å². The molecule has 0 bridgehead atoms. The van der Waals surface area contributed by atoms with Crippen molar-refractivity contribution in [2.75, 3.05) is 32.8 Å². The standard InChI is InChI=1S/C14H20N2O2/c1-12(18)16-8-7-15(9-10-17)11-14(16)13-5-3-2-4-6-13/h2-6,14,17H,7-11H2,1H3/t14-/m1/s1. The molecule has 1 aromatic carbocycles. The Morgan fingerprint density at radius 2 is 2.06 bits per heavy atom. The molecule has 18 heavy (non-hydrogen) atoms. The third-order valence-corrected chi connectivity index (χ3v) is 3.47. The lowest BCUT2D eigenvalue weighted by atomic mass is 10.0. The van der Waals surface area contributed by atoms with Crippen molar-refractivity contribution in [3.63, 3.8) is 0 Å². The van der Waals surface area contributed by atoms with Crippen LogP contribution in [0.5, 0.6) is 0 Å². The molecule has 4 heteroatoms. The van der Waals surface area contributed by atoms with Crippen LogP contribution in [0.15, 0.2) is 30.3 Å². The van der Waals surface area contributed by atoms with E-state index in [-0.39, 0.29) is 18.6 Å². The number of β-amino-alcohol motifs (C(OH)–C–C–N with tert-alkyl or cyclic N) is 1. The van der Waals surface area contributed by atoms with Gasteiger partial charge in [-0.25, -0.2) is 0 Å². The topological polar surface area (TPSA) is 43.8 Å². The molecule has 1 heterocycles. The second kappa shape index (κ2) is 5.98. The molecule has 1 aliphatic rings. The van der Waals surface area contributed by atoms with Crippen LogP contribution in [0, 0.1) is 0 Å². The lowest BCUT2D eigenvalue weighted by Crippen LogP contribution is -2.50. The molecular weight excluding hydrogens is 228 g/mol. The van der Waals surface area contributed by atoms with Crippen LogP contribution in [0.3, 0.4) is 0 Å². The van der Waals surface area contributed by atoms with Gasteiger partial charge in [0.25, 0.3) is 0 Å². The summed E-state index contributed by atoms with van der Waals surface area (Å²) in [6, 6.07) is 10.2. The maximum absolute atomic E-state index is 11.7. The van der Waals surface area contributed by atoms with E-state index in [1.807, 2.05) is 23.1 Å². The highest BCUT2D eigenvalue weighted by Gasteiger charge is 2.29. The zero-order valence-electron chi connectivity index (χ0n) is 10.7. The third kappa shape index (κ3) is 2.89. The van der Waals surface area contributed by atoms with Gasteiger partial charge in [0.1, 0.15) is 0 Å². The Bertz CT molecular complexity index is 394. The van der Waals surface area contributed by atoms with E-state index >= 15 is 0 Å². The summed E-state index contributed by atoms with van der Waals surface area (Å²) in [6.45, 7) is 4.83. The van der Waals surface area contributed by atoms with Crippen molar-refractivity contribution >= 4 is 5.91 Å². The molecule has 0 saturated carbocycles. The highest BCUT2D eigenvalue weighted by Crippen LogP contribution is 2.25.